The fraction of sp³-hybridized carbons (Fsp3) is 0.391. The Bertz CT molecular complexity index is 1020. The maximum atomic E-state index is 12.9. The van der Waals surface area contributed by atoms with Gasteiger partial charge in [-0.3, -0.25) is 9.59 Å². The van der Waals surface area contributed by atoms with Crippen LogP contribution in [0.15, 0.2) is 46.2 Å². The fourth-order valence-corrected chi connectivity index (χ4v) is 5.77. The number of carbonyl (C=O) groups is 2. The van der Waals surface area contributed by atoms with E-state index in [0.29, 0.717) is 36.0 Å². The molecule has 2 aromatic carbocycles. The number of nitrogens with zero attached hydrogens (tertiary/aromatic N) is 1. The molecule has 1 saturated carbocycles. The van der Waals surface area contributed by atoms with Crippen LogP contribution >= 0.6 is 35.0 Å². The number of rotatable bonds is 6. The van der Waals surface area contributed by atoms with Gasteiger partial charge in [0.15, 0.2) is 0 Å². The van der Waals surface area contributed by atoms with Crippen molar-refractivity contribution in [1.82, 2.24) is 4.90 Å². The molecule has 0 bridgehead atoms. The molecule has 1 N–H and O–H groups in total. The van der Waals surface area contributed by atoms with Crippen molar-refractivity contribution < 1.29 is 19.4 Å². The molecular formula is C23H23Cl2NO4S. The average molecular weight is 480 g/mol. The summed E-state index contributed by atoms with van der Waals surface area (Å²) in [6.45, 7) is 0.912. The van der Waals surface area contributed by atoms with Crippen LogP contribution in [0.4, 0.5) is 0 Å². The molecule has 2 aliphatic rings. The van der Waals surface area contributed by atoms with E-state index in [0.717, 1.165) is 27.5 Å². The standard InChI is InChI=1S/C23H23Cl2NO4S/c1-30-17-6-2-3-7-18(17)31-19-9-8-14(20(24)21(19)25)15-11-16(15)22(27)26-10-4-5-13(12-26)23(28)29/h2-3,6-9,13,15-16H,4-5,10-12H2,1H3,(H,28,29). The highest BCUT2D eigenvalue weighted by atomic mass is 35.5. The zero-order chi connectivity index (χ0) is 22.1. The molecule has 1 saturated heterocycles. The molecule has 8 heteroatoms. The number of ether oxygens (including phenoxy) is 1. The highest BCUT2D eigenvalue weighted by molar-refractivity contribution is 7.99. The summed E-state index contributed by atoms with van der Waals surface area (Å²) in [7, 11) is 1.63. The van der Waals surface area contributed by atoms with E-state index in [2.05, 4.69) is 0 Å². The first kappa shape index (κ1) is 22.3. The Kier molecular flexibility index (Phi) is 6.70. The number of carboxylic acid groups (broad SMARTS) is 1. The molecule has 2 aromatic rings. The molecule has 3 unspecified atom stereocenters. The summed E-state index contributed by atoms with van der Waals surface area (Å²) >= 11 is 14.7. The third-order valence-electron chi connectivity index (χ3n) is 5.96. The molecule has 0 aromatic heterocycles. The van der Waals surface area contributed by atoms with Gasteiger partial charge in [0.2, 0.25) is 5.91 Å². The molecule has 2 fully saturated rings. The Morgan fingerprint density at radius 2 is 1.90 bits per heavy atom. The van der Waals surface area contributed by atoms with E-state index in [4.69, 9.17) is 27.9 Å². The molecule has 1 amide bonds. The molecule has 5 nitrogen and oxygen atoms in total. The van der Waals surface area contributed by atoms with Gasteiger partial charge in [-0.2, -0.15) is 0 Å². The van der Waals surface area contributed by atoms with E-state index in [1.165, 1.54) is 11.8 Å². The smallest absolute Gasteiger partial charge is 0.308 e. The van der Waals surface area contributed by atoms with Gasteiger partial charge in [0.25, 0.3) is 0 Å². The highest BCUT2D eigenvalue weighted by Gasteiger charge is 2.47. The number of methoxy groups -OCH3 is 1. The summed E-state index contributed by atoms with van der Waals surface area (Å²) in [5, 5.41) is 10.2. The van der Waals surface area contributed by atoms with Crippen molar-refractivity contribution in [3.63, 3.8) is 0 Å². The second kappa shape index (κ2) is 9.31. The van der Waals surface area contributed by atoms with Gasteiger partial charge in [-0.15, -0.1) is 0 Å². The van der Waals surface area contributed by atoms with Gasteiger partial charge in [-0.25, -0.2) is 0 Å². The number of benzene rings is 2. The van der Waals surface area contributed by atoms with Gasteiger partial charge in [0.05, 0.1) is 28.0 Å². The topological polar surface area (TPSA) is 66.8 Å². The molecule has 1 heterocycles. The number of carbonyl (C=O) groups excluding carboxylic acids is 1. The van der Waals surface area contributed by atoms with E-state index in [1.807, 2.05) is 36.4 Å². The maximum absolute atomic E-state index is 12.9. The zero-order valence-corrected chi connectivity index (χ0v) is 19.3. The Balaban J connectivity index is 1.47. The van der Waals surface area contributed by atoms with Crippen molar-refractivity contribution in [3.05, 3.63) is 52.0 Å². The van der Waals surface area contributed by atoms with Crippen molar-refractivity contribution in [2.45, 2.75) is 35.0 Å². The molecule has 1 aliphatic heterocycles. The molecular weight excluding hydrogens is 457 g/mol. The second-order valence-electron chi connectivity index (χ2n) is 7.94. The van der Waals surface area contributed by atoms with Crippen LogP contribution in [0.3, 0.4) is 0 Å². The number of halogens is 2. The van der Waals surface area contributed by atoms with Gasteiger partial charge < -0.3 is 14.7 Å². The van der Waals surface area contributed by atoms with E-state index in [-0.39, 0.29) is 17.7 Å². The van der Waals surface area contributed by atoms with Gasteiger partial charge in [0, 0.05) is 23.9 Å². The third-order valence-corrected chi connectivity index (χ3v) is 8.08. The quantitative estimate of drug-likeness (QED) is 0.585. The first-order chi connectivity index (χ1) is 14.9. The Morgan fingerprint density at radius 1 is 1.13 bits per heavy atom. The molecule has 0 spiro atoms. The number of para-hydroxylation sites is 1. The monoisotopic (exact) mass is 479 g/mol. The summed E-state index contributed by atoms with van der Waals surface area (Å²) in [4.78, 5) is 27.7. The van der Waals surface area contributed by atoms with E-state index in [9.17, 15) is 14.7 Å². The zero-order valence-electron chi connectivity index (χ0n) is 17.0. The molecule has 4 rings (SSSR count). The summed E-state index contributed by atoms with van der Waals surface area (Å²) in [5.41, 5.74) is 0.876. The van der Waals surface area contributed by atoms with Crippen molar-refractivity contribution in [2.24, 2.45) is 11.8 Å². The van der Waals surface area contributed by atoms with Crippen LogP contribution in [0.2, 0.25) is 10.0 Å². The number of likely N-dealkylation sites (tertiary alicyclic amines) is 1. The lowest BCUT2D eigenvalue weighted by atomic mass is 9.97. The number of hydrogen-bond donors (Lipinski definition) is 1. The van der Waals surface area contributed by atoms with Crippen LogP contribution in [0, 0.1) is 11.8 Å². The van der Waals surface area contributed by atoms with Crippen LogP contribution in [0.25, 0.3) is 0 Å². The van der Waals surface area contributed by atoms with Crippen molar-refractivity contribution in [2.75, 3.05) is 20.2 Å². The largest absolute Gasteiger partial charge is 0.496 e. The van der Waals surface area contributed by atoms with E-state index >= 15 is 0 Å². The molecule has 3 atom stereocenters. The first-order valence-corrected chi connectivity index (χ1v) is 11.8. The SMILES string of the molecule is COc1ccccc1Sc1ccc(C2CC2C(=O)N2CCCC(C(=O)O)C2)c(Cl)c1Cl. The van der Waals surface area contributed by atoms with Crippen LogP contribution < -0.4 is 4.74 Å². The number of carboxylic acids is 1. The van der Waals surface area contributed by atoms with Crippen molar-refractivity contribution in [1.29, 1.82) is 0 Å². The van der Waals surface area contributed by atoms with Gasteiger partial charge in [-0.05, 0) is 48.9 Å². The van der Waals surface area contributed by atoms with Gasteiger partial charge in [0.1, 0.15) is 5.75 Å². The van der Waals surface area contributed by atoms with Gasteiger partial charge >= 0.3 is 5.97 Å². The molecule has 1 aliphatic carbocycles. The van der Waals surface area contributed by atoms with E-state index < -0.39 is 11.9 Å². The predicted molar refractivity (Wildman–Crippen MR) is 121 cm³/mol. The van der Waals surface area contributed by atoms with Gasteiger partial charge in [-0.1, -0.05) is 53.2 Å². The lowest BCUT2D eigenvalue weighted by Crippen LogP contribution is -2.43. The van der Waals surface area contributed by atoms with Crippen molar-refractivity contribution in [3.8, 4) is 5.75 Å². The van der Waals surface area contributed by atoms with Crippen LogP contribution in [-0.4, -0.2) is 42.1 Å². The first-order valence-electron chi connectivity index (χ1n) is 10.2. The Morgan fingerprint density at radius 3 is 2.65 bits per heavy atom. The summed E-state index contributed by atoms with van der Waals surface area (Å²) in [5.74, 6) is -0.655. The normalized spacial score (nSPS) is 22.8. The minimum atomic E-state index is -0.831. The lowest BCUT2D eigenvalue weighted by Gasteiger charge is -2.31. The lowest BCUT2D eigenvalue weighted by molar-refractivity contribution is -0.146. The molecule has 31 heavy (non-hydrogen) atoms. The molecule has 164 valence electrons. The summed E-state index contributed by atoms with van der Waals surface area (Å²) in [6, 6.07) is 11.6. The number of amides is 1. The Hall–Kier alpha value is -1.89. The number of hydrogen-bond acceptors (Lipinski definition) is 4. The minimum absolute atomic E-state index is 0.0213. The highest BCUT2D eigenvalue weighted by Crippen LogP contribution is 2.53. The molecule has 0 radical (unpaired) electrons. The van der Waals surface area contributed by atoms with Crippen molar-refractivity contribution >= 4 is 46.8 Å². The van der Waals surface area contributed by atoms with Crippen LogP contribution in [0.5, 0.6) is 5.75 Å². The predicted octanol–water partition coefficient (Wildman–Crippen LogP) is 5.58. The fourth-order valence-electron chi connectivity index (χ4n) is 4.16. The second-order valence-corrected chi connectivity index (χ2v) is 9.78. The van der Waals surface area contributed by atoms with Crippen LogP contribution in [-0.2, 0) is 9.59 Å². The third kappa shape index (κ3) is 4.66. The Labute approximate surface area is 195 Å². The number of piperidine rings is 1. The summed E-state index contributed by atoms with van der Waals surface area (Å²) < 4.78 is 5.40. The maximum Gasteiger partial charge on any atom is 0.308 e. The summed E-state index contributed by atoms with van der Waals surface area (Å²) in [6.07, 6.45) is 2.06. The van der Waals surface area contributed by atoms with Crippen LogP contribution in [0.1, 0.15) is 30.7 Å². The number of aliphatic carboxylic acids is 1. The van der Waals surface area contributed by atoms with E-state index in [1.54, 1.807) is 12.0 Å². The average Bonchev–Trinajstić information content (AvgIpc) is 3.57. The minimum Gasteiger partial charge on any atom is -0.496 e.